The first-order valence-electron chi connectivity index (χ1n) is 0. The van der Waals surface area contributed by atoms with Gasteiger partial charge >= 0.3 is 0 Å². The van der Waals surface area contributed by atoms with Crippen molar-refractivity contribution in [2.45, 2.75) is 7.43 Å². The summed E-state index contributed by atoms with van der Waals surface area (Å²) in [6.45, 7) is 0. The van der Waals surface area contributed by atoms with Gasteiger partial charge in [-0.05, 0) is 0 Å². The molecular formula is CH6Cl2Zr. The molecular weight excluding hydrogens is 174 g/mol. The van der Waals surface area contributed by atoms with E-state index in [0.29, 0.717) is 0 Å². The summed E-state index contributed by atoms with van der Waals surface area (Å²) in [6, 6.07) is 0. The van der Waals surface area contributed by atoms with Gasteiger partial charge in [0, 0.05) is 26.2 Å². The molecule has 0 saturated carbocycles. The third-order valence-electron chi connectivity index (χ3n) is 0. The van der Waals surface area contributed by atoms with E-state index < -0.39 is 0 Å². The summed E-state index contributed by atoms with van der Waals surface area (Å²) in [4.78, 5) is 0. The molecule has 0 saturated heterocycles. The Morgan fingerprint density at radius 3 is 0.750 bits per heavy atom. The van der Waals surface area contributed by atoms with Crippen LogP contribution in [0, 0.1) is 0 Å². The quantitative estimate of drug-likeness (QED) is 0.529. The predicted octanol–water partition coefficient (Wildman–Crippen LogP) is 1.48. The van der Waals surface area contributed by atoms with E-state index in [2.05, 4.69) is 0 Å². The first kappa shape index (κ1) is 50.8. The van der Waals surface area contributed by atoms with E-state index in [4.69, 9.17) is 0 Å². The van der Waals surface area contributed by atoms with Crippen molar-refractivity contribution in [3.8, 4) is 0 Å². The molecule has 3 heteroatoms. The minimum Gasteiger partial charge on any atom is -0.147 e. The average Bonchev–Trinajstić information content (AvgIpc) is 0. The van der Waals surface area contributed by atoms with Crippen molar-refractivity contribution in [3.05, 3.63) is 0 Å². The summed E-state index contributed by atoms with van der Waals surface area (Å²) in [6.07, 6.45) is 0. The molecule has 0 aromatic heterocycles. The first-order chi connectivity index (χ1) is 0. The van der Waals surface area contributed by atoms with Crippen LogP contribution in [0.1, 0.15) is 7.43 Å². The molecule has 0 heterocycles. The predicted molar refractivity (Wildman–Crippen MR) is 21.2 cm³/mol. The maximum atomic E-state index is 0. The normalized spacial score (nSPS) is 0. The molecule has 0 radical (unpaired) electrons. The summed E-state index contributed by atoms with van der Waals surface area (Å²) in [5, 5.41) is 0. The van der Waals surface area contributed by atoms with Gasteiger partial charge in [0.25, 0.3) is 0 Å². The van der Waals surface area contributed by atoms with Gasteiger partial charge in [-0.2, -0.15) is 0 Å². The van der Waals surface area contributed by atoms with Crippen LogP contribution < -0.4 is 0 Å². The summed E-state index contributed by atoms with van der Waals surface area (Å²) >= 11 is 0. The fourth-order valence-corrected chi connectivity index (χ4v) is 0. The SMILES string of the molecule is C.Cl.Cl.[Zr]. The van der Waals surface area contributed by atoms with E-state index in [1.165, 1.54) is 0 Å². The van der Waals surface area contributed by atoms with Crippen molar-refractivity contribution in [2.24, 2.45) is 0 Å². The smallest absolute Gasteiger partial charge is 0 e. The topological polar surface area (TPSA) is 0 Å². The third-order valence-corrected chi connectivity index (χ3v) is 0. The van der Waals surface area contributed by atoms with E-state index in [0.717, 1.165) is 0 Å². The van der Waals surface area contributed by atoms with E-state index in [1.807, 2.05) is 0 Å². The Balaban J connectivity index is 0. The molecule has 0 aromatic rings. The minimum absolute atomic E-state index is 0. The van der Waals surface area contributed by atoms with Gasteiger partial charge in [0.15, 0.2) is 0 Å². The van der Waals surface area contributed by atoms with Crippen molar-refractivity contribution in [3.63, 3.8) is 0 Å². The second-order valence-corrected chi connectivity index (χ2v) is 0. The number of hydrogen-bond donors (Lipinski definition) is 0. The molecule has 0 aliphatic heterocycles. The van der Waals surface area contributed by atoms with Gasteiger partial charge in [-0.1, -0.05) is 7.43 Å². The van der Waals surface area contributed by atoms with Gasteiger partial charge in [0.05, 0.1) is 0 Å². The average molecular weight is 180 g/mol. The molecule has 0 N–H and O–H groups in total. The Labute approximate surface area is 58.3 Å². The third kappa shape index (κ3) is 9.81. The molecule has 0 rings (SSSR count). The molecule has 0 amide bonds. The van der Waals surface area contributed by atoms with Gasteiger partial charge in [0.1, 0.15) is 0 Å². The molecule has 0 aliphatic carbocycles. The van der Waals surface area contributed by atoms with Crippen LogP contribution in [0.4, 0.5) is 0 Å². The van der Waals surface area contributed by atoms with Crippen LogP contribution in [0.15, 0.2) is 0 Å². The zero-order valence-electron chi connectivity index (χ0n) is 1.32. The van der Waals surface area contributed by atoms with Crippen molar-refractivity contribution < 1.29 is 26.2 Å². The van der Waals surface area contributed by atoms with Gasteiger partial charge in [-0.3, -0.25) is 0 Å². The Morgan fingerprint density at radius 2 is 0.750 bits per heavy atom. The van der Waals surface area contributed by atoms with Crippen LogP contribution in [0.5, 0.6) is 0 Å². The van der Waals surface area contributed by atoms with Crippen LogP contribution in [0.3, 0.4) is 0 Å². The second kappa shape index (κ2) is 25.0. The minimum atomic E-state index is 0. The van der Waals surface area contributed by atoms with Crippen LogP contribution >= 0.6 is 24.8 Å². The molecule has 0 fully saturated rings. The second-order valence-electron chi connectivity index (χ2n) is 0. The molecule has 0 aromatic carbocycles. The largest absolute Gasteiger partial charge is 0.147 e. The van der Waals surface area contributed by atoms with Crippen LogP contribution in [-0.4, -0.2) is 0 Å². The monoisotopic (exact) mass is 178 g/mol. The summed E-state index contributed by atoms with van der Waals surface area (Å²) in [5.41, 5.74) is 0. The maximum absolute atomic E-state index is 0. The molecule has 4 heavy (non-hydrogen) atoms. The number of rotatable bonds is 0. The molecule has 0 bridgehead atoms. The van der Waals surface area contributed by atoms with Crippen LogP contribution in [0.2, 0.25) is 0 Å². The fraction of sp³-hybridized carbons (Fsp3) is 1.00. The van der Waals surface area contributed by atoms with Crippen molar-refractivity contribution in [2.75, 3.05) is 0 Å². The zero-order chi connectivity index (χ0) is 0. The Morgan fingerprint density at radius 1 is 0.750 bits per heavy atom. The molecule has 0 spiro atoms. The van der Waals surface area contributed by atoms with Crippen molar-refractivity contribution in [1.29, 1.82) is 0 Å². The van der Waals surface area contributed by atoms with Gasteiger partial charge in [-0.15, -0.1) is 24.8 Å². The van der Waals surface area contributed by atoms with Crippen LogP contribution in [-0.2, 0) is 26.2 Å². The molecule has 0 unspecified atom stereocenters. The van der Waals surface area contributed by atoms with E-state index in [9.17, 15) is 0 Å². The summed E-state index contributed by atoms with van der Waals surface area (Å²) in [7, 11) is 0. The van der Waals surface area contributed by atoms with Crippen molar-refractivity contribution in [1.82, 2.24) is 0 Å². The van der Waals surface area contributed by atoms with Gasteiger partial charge in [-0.25, -0.2) is 0 Å². The fourth-order valence-electron chi connectivity index (χ4n) is 0. The zero-order valence-corrected chi connectivity index (χ0v) is 5.41. The van der Waals surface area contributed by atoms with Crippen LogP contribution in [0.25, 0.3) is 0 Å². The maximum Gasteiger partial charge on any atom is 0 e. The molecule has 0 aliphatic rings. The van der Waals surface area contributed by atoms with Gasteiger partial charge < -0.3 is 0 Å². The number of hydrogen-bond acceptors (Lipinski definition) is 0. The summed E-state index contributed by atoms with van der Waals surface area (Å²) in [5.74, 6) is 0. The van der Waals surface area contributed by atoms with E-state index in [-0.39, 0.29) is 58.4 Å². The Hall–Kier alpha value is 1.46. The Kier molecular flexibility index (Phi) is 318. The van der Waals surface area contributed by atoms with Crippen molar-refractivity contribution >= 4 is 24.8 Å². The molecule has 0 atom stereocenters. The number of halogens is 2. The first-order valence-corrected chi connectivity index (χ1v) is 0. The standard InChI is InChI=1S/CH4.2ClH.Zr/h1H4;2*1H;. The van der Waals surface area contributed by atoms with E-state index in [1.54, 1.807) is 0 Å². The molecule has 0 nitrogen and oxygen atoms in total. The summed E-state index contributed by atoms with van der Waals surface area (Å²) < 4.78 is 0. The van der Waals surface area contributed by atoms with E-state index >= 15 is 0 Å². The molecule has 28 valence electrons. The Bertz CT molecular complexity index is 6.00. The van der Waals surface area contributed by atoms with Gasteiger partial charge in [0.2, 0.25) is 0 Å².